The topological polar surface area (TPSA) is 88.2 Å². The van der Waals surface area contributed by atoms with Crippen LogP contribution in [0.25, 0.3) is 22.8 Å². The van der Waals surface area contributed by atoms with E-state index in [1.165, 1.54) is 12.1 Å². The number of aldehydes is 1. The second-order valence-electron chi connectivity index (χ2n) is 6.61. The molecule has 31 heavy (non-hydrogen) atoms. The molecule has 3 aromatic carbocycles. The summed E-state index contributed by atoms with van der Waals surface area (Å²) in [5.74, 6) is -3.76. The van der Waals surface area contributed by atoms with Crippen LogP contribution in [0.2, 0.25) is 0 Å². The van der Waals surface area contributed by atoms with Crippen LogP contribution >= 0.6 is 0 Å². The van der Waals surface area contributed by atoms with Crippen LogP contribution in [0.5, 0.6) is 5.75 Å². The molecular formula is C22H14F3N3O3. The van der Waals surface area contributed by atoms with E-state index >= 15 is 0 Å². The normalized spacial score (nSPS) is 10.8. The molecule has 0 atom stereocenters. The number of anilines is 1. The number of halogens is 3. The van der Waals surface area contributed by atoms with Gasteiger partial charge in [0.05, 0.1) is 0 Å². The third kappa shape index (κ3) is 4.25. The van der Waals surface area contributed by atoms with Crippen molar-refractivity contribution in [3.8, 4) is 28.6 Å². The second-order valence-corrected chi connectivity index (χ2v) is 6.61. The van der Waals surface area contributed by atoms with Gasteiger partial charge in [-0.25, -0.2) is 13.2 Å². The highest BCUT2D eigenvalue weighted by molar-refractivity contribution is 5.86. The fourth-order valence-corrected chi connectivity index (χ4v) is 2.90. The minimum Gasteiger partial charge on any atom is -0.503 e. The van der Waals surface area contributed by atoms with Crippen LogP contribution in [0.4, 0.5) is 18.9 Å². The number of carbonyl (C=O) groups excluding carboxylic acids is 1. The predicted octanol–water partition coefficient (Wildman–Crippen LogP) is 4.95. The first-order chi connectivity index (χ1) is 14.9. The number of nitrogens with zero attached hydrogens (tertiary/aromatic N) is 2. The maximum atomic E-state index is 13.6. The van der Waals surface area contributed by atoms with Crippen LogP contribution in [0.3, 0.4) is 0 Å². The molecule has 0 fully saturated rings. The summed E-state index contributed by atoms with van der Waals surface area (Å²) in [6, 6.07) is 12.4. The van der Waals surface area contributed by atoms with Gasteiger partial charge in [0.2, 0.25) is 5.82 Å². The zero-order valence-electron chi connectivity index (χ0n) is 15.8. The summed E-state index contributed by atoms with van der Waals surface area (Å²) in [7, 11) is 0. The van der Waals surface area contributed by atoms with Crippen molar-refractivity contribution < 1.29 is 27.6 Å². The fourth-order valence-electron chi connectivity index (χ4n) is 2.90. The molecule has 0 radical (unpaired) electrons. The average Bonchev–Trinajstić information content (AvgIpc) is 3.27. The molecule has 0 amide bonds. The standard InChI is InChI=1S/C22H14F3N3O3/c23-16-5-1-12(2-6-16)10-26-19-9-13(3-4-14(19)11-29)21-27-22(31-28-21)15-7-17(24)20(30)18(25)8-15/h1-9,11,26,30H,10H2. The number of hydrogen-bond acceptors (Lipinski definition) is 6. The fraction of sp³-hybridized carbons (Fsp3) is 0.0455. The van der Waals surface area contributed by atoms with Crippen LogP contribution in [0.15, 0.2) is 59.1 Å². The van der Waals surface area contributed by atoms with Crippen molar-refractivity contribution in [3.63, 3.8) is 0 Å². The van der Waals surface area contributed by atoms with Gasteiger partial charge in [0.25, 0.3) is 5.89 Å². The van der Waals surface area contributed by atoms with Gasteiger partial charge in [0, 0.05) is 28.9 Å². The van der Waals surface area contributed by atoms with Crippen LogP contribution in [0, 0.1) is 17.5 Å². The van der Waals surface area contributed by atoms with Crippen LogP contribution < -0.4 is 5.32 Å². The summed E-state index contributed by atoms with van der Waals surface area (Å²) in [6.07, 6.45) is 0.681. The quantitative estimate of drug-likeness (QED) is 0.425. The highest BCUT2D eigenvalue weighted by Crippen LogP contribution is 2.29. The SMILES string of the molecule is O=Cc1ccc(-c2noc(-c3cc(F)c(O)c(F)c3)n2)cc1NCc1ccc(F)cc1. The number of carbonyl (C=O) groups is 1. The molecule has 1 aromatic heterocycles. The second kappa shape index (κ2) is 8.31. The number of phenolic OH excluding ortho intramolecular Hbond substituents is 1. The number of benzene rings is 3. The molecule has 156 valence electrons. The smallest absolute Gasteiger partial charge is 0.258 e. The van der Waals surface area contributed by atoms with Crippen molar-refractivity contribution in [3.05, 3.63) is 83.2 Å². The van der Waals surface area contributed by atoms with Crippen LogP contribution in [-0.2, 0) is 6.54 Å². The van der Waals surface area contributed by atoms with E-state index in [2.05, 4.69) is 15.5 Å². The number of hydrogen-bond donors (Lipinski definition) is 2. The Morgan fingerprint density at radius 3 is 2.35 bits per heavy atom. The van der Waals surface area contributed by atoms with Crippen molar-refractivity contribution in [1.29, 1.82) is 0 Å². The molecular weight excluding hydrogens is 411 g/mol. The molecule has 0 spiro atoms. The van der Waals surface area contributed by atoms with E-state index in [9.17, 15) is 23.1 Å². The molecule has 6 nitrogen and oxygen atoms in total. The predicted molar refractivity (Wildman–Crippen MR) is 106 cm³/mol. The molecule has 0 bridgehead atoms. The Balaban J connectivity index is 1.61. The molecule has 0 aliphatic heterocycles. The molecule has 0 saturated carbocycles. The monoisotopic (exact) mass is 425 g/mol. The first-order valence-corrected chi connectivity index (χ1v) is 9.04. The summed E-state index contributed by atoms with van der Waals surface area (Å²) < 4.78 is 45.3. The number of nitrogens with one attached hydrogen (secondary N) is 1. The van der Waals surface area contributed by atoms with Gasteiger partial charge in [0.15, 0.2) is 23.7 Å². The molecule has 1 heterocycles. The lowest BCUT2D eigenvalue weighted by Gasteiger charge is -2.10. The number of phenols is 1. The highest BCUT2D eigenvalue weighted by atomic mass is 19.1. The van der Waals surface area contributed by atoms with Crippen molar-refractivity contribution in [2.45, 2.75) is 6.54 Å². The van der Waals surface area contributed by atoms with Crippen molar-refractivity contribution >= 4 is 12.0 Å². The average molecular weight is 425 g/mol. The lowest BCUT2D eigenvalue weighted by Crippen LogP contribution is -2.02. The Morgan fingerprint density at radius 1 is 0.968 bits per heavy atom. The van der Waals surface area contributed by atoms with Crippen molar-refractivity contribution in [1.82, 2.24) is 10.1 Å². The zero-order valence-corrected chi connectivity index (χ0v) is 15.8. The van der Waals surface area contributed by atoms with Gasteiger partial charge in [-0.1, -0.05) is 23.4 Å². The van der Waals surface area contributed by atoms with E-state index in [0.29, 0.717) is 29.6 Å². The maximum Gasteiger partial charge on any atom is 0.258 e. The third-order valence-electron chi connectivity index (χ3n) is 4.52. The summed E-state index contributed by atoms with van der Waals surface area (Å²) in [4.78, 5) is 15.5. The van der Waals surface area contributed by atoms with E-state index in [-0.39, 0.29) is 23.1 Å². The van der Waals surface area contributed by atoms with Crippen LogP contribution in [0.1, 0.15) is 15.9 Å². The van der Waals surface area contributed by atoms with Gasteiger partial charge >= 0.3 is 0 Å². The van der Waals surface area contributed by atoms with Gasteiger partial charge in [-0.15, -0.1) is 0 Å². The first-order valence-electron chi connectivity index (χ1n) is 9.04. The zero-order chi connectivity index (χ0) is 22.0. The Bertz CT molecular complexity index is 1230. The Hall–Kier alpha value is -4.14. The van der Waals surface area contributed by atoms with Gasteiger partial charge in [0.1, 0.15) is 5.82 Å². The van der Waals surface area contributed by atoms with E-state index in [1.54, 1.807) is 30.3 Å². The lowest BCUT2D eigenvalue weighted by molar-refractivity contribution is 0.112. The molecule has 9 heteroatoms. The van der Waals surface area contributed by atoms with Crippen molar-refractivity contribution in [2.75, 3.05) is 5.32 Å². The molecule has 0 aliphatic carbocycles. The molecule has 2 N–H and O–H groups in total. The maximum absolute atomic E-state index is 13.6. The molecule has 0 aliphatic rings. The van der Waals surface area contributed by atoms with E-state index < -0.39 is 17.4 Å². The molecule has 0 unspecified atom stereocenters. The number of aromatic nitrogens is 2. The largest absolute Gasteiger partial charge is 0.503 e. The van der Waals surface area contributed by atoms with E-state index in [4.69, 9.17) is 4.52 Å². The summed E-state index contributed by atoms with van der Waals surface area (Å²) in [5, 5.41) is 16.1. The Labute approximate surface area is 174 Å². The van der Waals surface area contributed by atoms with Crippen molar-refractivity contribution in [2.24, 2.45) is 0 Å². The minimum absolute atomic E-state index is 0.0364. The number of aromatic hydroxyl groups is 1. The van der Waals surface area contributed by atoms with Crippen LogP contribution in [-0.4, -0.2) is 21.5 Å². The van der Waals surface area contributed by atoms with Gasteiger partial charge in [-0.2, -0.15) is 4.98 Å². The van der Waals surface area contributed by atoms with Gasteiger partial charge < -0.3 is 14.9 Å². The summed E-state index contributed by atoms with van der Waals surface area (Å²) in [5.41, 5.74) is 2.14. The minimum atomic E-state index is -1.16. The molecule has 4 rings (SSSR count). The Kier molecular flexibility index (Phi) is 5.40. The first kappa shape index (κ1) is 20.1. The van der Waals surface area contributed by atoms with E-state index in [1.807, 2.05) is 0 Å². The molecule has 4 aromatic rings. The Morgan fingerprint density at radius 2 is 1.68 bits per heavy atom. The van der Waals surface area contributed by atoms with Gasteiger partial charge in [-0.05, 0) is 42.0 Å². The lowest BCUT2D eigenvalue weighted by atomic mass is 10.1. The number of rotatable bonds is 6. The third-order valence-corrected chi connectivity index (χ3v) is 4.52. The summed E-state index contributed by atoms with van der Waals surface area (Å²) in [6.45, 7) is 0.341. The molecule has 0 saturated heterocycles. The van der Waals surface area contributed by atoms with E-state index in [0.717, 1.165) is 17.7 Å². The summed E-state index contributed by atoms with van der Waals surface area (Å²) >= 11 is 0. The highest BCUT2D eigenvalue weighted by Gasteiger charge is 2.17. The van der Waals surface area contributed by atoms with Gasteiger partial charge in [-0.3, -0.25) is 4.79 Å².